The Bertz CT molecular complexity index is 392. The van der Waals surface area contributed by atoms with Crippen molar-refractivity contribution in [1.82, 2.24) is 5.32 Å². The Morgan fingerprint density at radius 3 is 2.85 bits per heavy atom. The summed E-state index contributed by atoms with van der Waals surface area (Å²) in [5.74, 6) is 0. The van der Waals surface area contributed by atoms with E-state index >= 15 is 0 Å². The molecule has 0 aromatic heterocycles. The number of nitrogens with one attached hydrogen (secondary N) is 1. The molecule has 1 aliphatic rings. The van der Waals surface area contributed by atoms with Gasteiger partial charge in [0, 0.05) is 24.2 Å². The predicted octanol–water partition coefficient (Wildman–Crippen LogP) is 4.73. The fourth-order valence-electron chi connectivity index (χ4n) is 2.30. The van der Waals surface area contributed by atoms with E-state index in [-0.39, 0.29) is 6.10 Å². The highest BCUT2D eigenvalue weighted by atomic mass is 35.5. The minimum Gasteiger partial charge on any atom is -0.372 e. The van der Waals surface area contributed by atoms with Gasteiger partial charge in [0.1, 0.15) is 0 Å². The van der Waals surface area contributed by atoms with Gasteiger partial charge in [0.2, 0.25) is 0 Å². The maximum Gasteiger partial charge on any atom is 0.0949 e. The second-order valence-electron chi connectivity index (χ2n) is 5.66. The number of hydrogen-bond acceptors (Lipinski definition) is 2. The van der Waals surface area contributed by atoms with E-state index in [4.69, 9.17) is 16.3 Å². The van der Waals surface area contributed by atoms with Gasteiger partial charge in [-0.25, -0.2) is 0 Å². The van der Waals surface area contributed by atoms with Crippen LogP contribution in [-0.4, -0.2) is 19.2 Å². The Kier molecular flexibility index (Phi) is 6.85. The van der Waals surface area contributed by atoms with Crippen molar-refractivity contribution < 1.29 is 4.74 Å². The highest BCUT2D eigenvalue weighted by molar-refractivity contribution is 6.30. The summed E-state index contributed by atoms with van der Waals surface area (Å²) in [6.45, 7) is 3.96. The number of ether oxygens (including phenoxy) is 1. The molecule has 1 fully saturated rings. The molecule has 2 rings (SSSR count). The van der Waals surface area contributed by atoms with Crippen LogP contribution in [0.5, 0.6) is 0 Å². The third-order valence-electron chi connectivity index (χ3n) is 3.71. The second-order valence-corrected chi connectivity index (χ2v) is 6.09. The first-order valence-electron chi connectivity index (χ1n) is 7.90. The number of halogens is 1. The van der Waals surface area contributed by atoms with Crippen LogP contribution in [0.3, 0.4) is 0 Å². The molecular weight excluding hydrogens is 270 g/mol. The number of rotatable bonds is 10. The highest BCUT2D eigenvalue weighted by Gasteiger charge is 2.22. The number of unbranched alkanes of at least 4 members (excludes halogenated alkanes) is 3. The summed E-state index contributed by atoms with van der Waals surface area (Å²) in [7, 11) is 0. The molecule has 0 bridgehead atoms. The summed E-state index contributed by atoms with van der Waals surface area (Å²) in [5.41, 5.74) is 1.18. The van der Waals surface area contributed by atoms with E-state index < -0.39 is 0 Å². The lowest BCUT2D eigenvalue weighted by atomic mass is 10.1. The van der Waals surface area contributed by atoms with Crippen LogP contribution in [0.25, 0.3) is 0 Å². The van der Waals surface area contributed by atoms with Crippen molar-refractivity contribution in [3.8, 4) is 0 Å². The first-order valence-corrected chi connectivity index (χ1v) is 8.28. The molecular formula is C17H26ClNO. The van der Waals surface area contributed by atoms with E-state index in [1.165, 1.54) is 37.7 Å². The van der Waals surface area contributed by atoms with E-state index in [0.29, 0.717) is 6.04 Å². The molecule has 0 saturated heterocycles. The lowest BCUT2D eigenvalue weighted by Gasteiger charge is -2.19. The van der Waals surface area contributed by atoms with Gasteiger partial charge in [-0.1, -0.05) is 49.9 Å². The molecule has 0 amide bonds. The van der Waals surface area contributed by atoms with Gasteiger partial charge in [-0.3, -0.25) is 0 Å². The van der Waals surface area contributed by atoms with Crippen LogP contribution in [0.15, 0.2) is 24.3 Å². The van der Waals surface area contributed by atoms with Crippen molar-refractivity contribution in [2.45, 2.75) is 57.6 Å². The van der Waals surface area contributed by atoms with Crippen molar-refractivity contribution in [2.24, 2.45) is 0 Å². The van der Waals surface area contributed by atoms with Crippen molar-refractivity contribution >= 4 is 11.6 Å². The van der Waals surface area contributed by atoms with Gasteiger partial charge in [0.25, 0.3) is 0 Å². The van der Waals surface area contributed by atoms with Gasteiger partial charge in [-0.2, -0.15) is 0 Å². The molecule has 1 atom stereocenters. The van der Waals surface area contributed by atoms with Crippen LogP contribution < -0.4 is 5.32 Å². The van der Waals surface area contributed by atoms with Crippen LogP contribution in [0.4, 0.5) is 0 Å². The SMILES string of the molecule is CCCCCCOC(CNC1CC1)c1cccc(Cl)c1. The normalized spacial score (nSPS) is 16.3. The van der Waals surface area contributed by atoms with Crippen LogP contribution >= 0.6 is 11.6 Å². The van der Waals surface area contributed by atoms with Gasteiger partial charge in [-0.05, 0) is 37.0 Å². The standard InChI is InChI=1S/C17H26ClNO/c1-2-3-4-5-11-20-17(13-19-16-9-10-16)14-7-6-8-15(18)12-14/h6-8,12,16-17,19H,2-5,9-11,13H2,1H3. The number of benzene rings is 1. The summed E-state index contributed by atoms with van der Waals surface area (Å²) >= 11 is 6.09. The first kappa shape index (κ1) is 15.8. The smallest absolute Gasteiger partial charge is 0.0949 e. The lowest BCUT2D eigenvalue weighted by Crippen LogP contribution is -2.25. The zero-order valence-electron chi connectivity index (χ0n) is 12.4. The first-order chi connectivity index (χ1) is 9.79. The van der Waals surface area contributed by atoms with E-state index in [1.54, 1.807) is 0 Å². The van der Waals surface area contributed by atoms with Gasteiger partial charge >= 0.3 is 0 Å². The molecule has 1 aromatic rings. The summed E-state index contributed by atoms with van der Waals surface area (Å²) in [6, 6.07) is 8.75. The molecule has 20 heavy (non-hydrogen) atoms. The molecule has 1 aromatic carbocycles. The molecule has 0 spiro atoms. The molecule has 1 aliphatic carbocycles. The molecule has 0 heterocycles. The topological polar surface area (TPSA) is 21.3 Å². The molecule has 112 valence electrons. The van der Waals surface area contributed by atoms with Gasteiger partial charge in [0.15, 0.2) is 0 Å². The molecule has 1 unspecified atom stereocenters. The van der Waals surface area contributed by atoms with E-state index in [1.807, 2.05) is 18.2 Å². The minimum atomic E-state index is 0.121. The van der Waals surface area contributed by atoms with Crippen molar-refractivity contribution in [1.29, 1.82) is 0 Å². The average molecular weight is 296 g/mol. The fraction of sp³-hybridized carbons (Fsp3) is 0.647. The largest absolute Gasteiger partial charge is 0.372 e. The summed E-state index contributed by atoms with van der Waals surface area (Å²) < 4.78 is 6.09. The predicted molar refractivity (Wildman–Crippen MR) is 85.3 cm³/mol. The number of hydrogen-bond donors (Lipinski definition) is 1. The minimum absolute atomic E-state index is 0.121. The van der Waals surface area contributed by atoms with Gasteiger partial charge in [-0.15, -0.1) is 0 Å². The van der Waals surface area contributed by atoms with Crippen LogP contribution in [0.1, 0.15) is 57.1 Å². The second kappa shape index (κ2) is 8.66. The molecule has 3 heteroatoms. The van der Waals surface area contributed by atoms with Crippen molar-refractivity contribution in [3.05, 3.63) is 34.9 Å². The molecule has 1 N–H and O–H groups in total. The maximum atomic E-state index is 6.09. The van der Waals surface area contributed by atoms with Crippen LogP contribution in [-0.2, 0) is 4.74 Å². The molecule has 0 radical (unpaired) electrons. The summed E-state index contributed by atoms with van der Waals surface area (Å²) in [6.07, 6.45) is 7.70. The van der Waals surface area contributed by atoms with E-state index in [2.05, 4.69) is 18.3 Å². The molecule has 0 aliphatic heterocycles. The fourth-order valence-corrected chi connectivity index (χ4v) is 2.49. The summed E-state index contributed by atoms with van der Waals surface area (Å²) in [5, 5.41) is 4.34. The summed E-state index contributed by atoms with van der Waals surface area (Å²) in [4.78, 5) is 0. The Hall–Kier alpha value is -0.570. The van der Waals surface area contributed by atoms with E-state index in [9.17, 15) is 0 Å². The Labute approximate surface area is 127 Å². The molecule has 2 nitrogen and oxygen atoms in total. The zero-order chi connectivity index (χ0) is 14.2. The van der Waals surface area contributed by atoms with Crippen molar-refractivity contribution in [2.75, 3.05) is 13.2 Å². The van der Waals surface area contributed by atoms with Gasteiger partial charge in [0.05, 0.1) is 6.10 Å². The van der Waals surface area contributed by atoms with Gasteiger partial charge < -0.3 is 10.1 Å². The Morgan fingerprint density at radius 2 is 2.15 bits per heavy atom. The third kappa shape index (κ3) is 5.82. The van der Waals surface area contributed by atoms with Crippen LogP contribution in [0, 0.1) is 0 Å². The zero-order valence-corrected chi connectivity index (χ0v) is 13.2. The quantitative estimate of drug-likeness (QED) is 0.630. The maximum absolute atomic E-state index is 6.09. The average Bonchev–Trinajstić information content (AvgIpc) is 3.26. The van der Waals surface area contributed by atoms with Crippen LogP contribution in [0.2, 0.25) is 5.02 Å². The highest BCUT2D eigenvalue weighted by Crippen LogP contribution is 2.24. The monoisotopic (exact) mass is 295 g/mol. The Balaban J connectivity index is 1.82. The third-order valence-corrected chi connectivity index (χ3v) is 3.94. The Morgan fingerprint density at radius 1 is 1.30 bits per heavy atom. The van der Waals surface area contributed by atoms with E-state index in [0.717, 1.165) is 24.6 Å². The van der Waals surface area contributed by atoms with Crippen molar-refractivity contribution in [3.63, 3.8) is 0 Å². The lowest BCUT2D eigenvalue weighted by molar-refractivity contribution is 0.0496. The molecule has 1 saturated carbocycles.